The molecule has 3 aliphatic heterocycles. The number of aliphatic hydroxyl groups is 1. The van der Waals surface area contributed by atoms with E-state index in [-0.39, 0.29) is 18.0 Å². The number of benzene rings is 2. The first-order valence-electron chi connectivity index (χ1n) is 12.0. The van der Waals surface area contributed by atoms with Crippen molar-refractivity contribution in [2.75, 3.05) is 44.7 Å². The third-order valence-corrected chi connectivity index (χ3v) is 7.19. The highest BCUT2D eigenvalue weighted by Gasteiger charge is 2.49. The van der Waals surface area contributed by atoms with Gasteiger partial charge in [-0.25, -0.2) is 0 Å². The number of anilines is 1. The molecule has 2 saturated heterocycles. The predicted molar refractivity (Wildman–Crippen MR) is 127 cm³/mol. The van der Waals surface area contributed by atoms with Crippen LogP contribution in [0.1, 0.15) is 31.2 Å². The number of carbonyl (C=O) groups excluding carboxylic acids is 1. The third kappa shape index (κ3) is 4.86. The van der Waals surface area contributed by atoms with Gasteiger partial charge in [0.25, 0.3) is 0 Å². The van der Waals surface area contributed by atoms with Crippen LogP contribution in [0, 0.1) is 0 Å². The van der Waals surface area contributed by atoms with Gasteiger partial charge in [0.15, 0.2) is 11.5 Å². The Bertz CT molecular complexity index is 969. The first-order valence-corrected chi connectivity index (χ1v) is 12.0. The van der Waals surface area contributed by atoms with Gasteiger partial charge in [0.2, 0.25) is 5.91 Å². The molecule has 3 aliphatic rings. The zero-order valence-electron chi connectivity index (χ0n) is 19.0. The van der Waals surface area contributed by atoms with Crippen molar-refractivity contribution < 1.29 is 19.4 Å². The van der Waals surface area contributed by atoms with Crippen molar-refractivity contribution >= 4 is 11.6 Å². The van der Waals surface area contributed by atoms with Crippen LogP contribution in [-0.2, 0) is 11.3 Å². The second-order valence-corrected chi connectivity index (χ2v) is 9.38. The summed E-state index contributed by atoms with van der Waals surface area (Å²) in [5, 5.41) is 14.2. The summed E-state index contributed by atoms with van der Waals surface area (Å²) in [7, 11) is 0. The third-order valence-electron chi connectivity index (χ3n) is 7.19. The Morgan fingerprint density at radius 1 is 1.03 bits per heavy atom. The molecule has 2 aromatic rings. The Morgan fingerprint density at radius 2 is 1.85 bits per heavy atom. The molecule has 0 bridgehead atoms. The lowest BCUT2D eigenvalue weighted by atomic mass is 9.82. The molecule has 2 aromatic carbocycles. The number of hydrogen-bond donors (Lipinski definition) is 2. The van der Waals surface area contributed by atoms with Crippen LogP contribution in [0.3, 0.4) is 0 Å². The minimum atomic E-state index is -0.469. The van der Waals surface area contributed by atoms with Gasteiger partial charge >= 0.3 is 0 Å². The van der Waals surface area contributed by atoms with E-state index in [1.54, 1.807) is 0 Å². The summed E-state index contributed by atoms with van der Waals surface area (Å²) in [5.41, 5.74) is 1.79. The highest BCUT2D eigenvalue weighted by molar-refractivity contribution is 5.92. The highest BCUT2D eigenvalue weighted by Crippen LogP contribution is 2.39. The first-order chi connectivity index (χ1) is 16.1. The Hall–Kier alpha value is -2.61. The van der Waals surface area contributed by atoms with E-state index in [9.17, 15) is 9.90 Å². The highest BCUT2D eigenvalue weighted by atomic mass is 16.5. The number of nitrogens with zero attached hydrogens (tertiary/aromatic N) is 2. The van der Waals surface area contributed by atoms with Crippen molar-refractivity contribution in [2.45, 2.75) is 43.9 Å². The molecule has 5 rings (SSSR count). The molecule has 2 N–H and O–H groups in total. The maximum Gasteiger partial charge on any atom is 0.238 e. The molecule has 0 aromatic heterocycles. The Labute approximate surface area is 195 Å². The molecule has 2 fully saturated rings. The number of aliphatic hydroxyl groups excluding tert-OH is 1. The lowest BCUT2D eigenvalue weighted by molar-refractivity contribution is -0.120. The van der Waals surface area contributed by atoms with Gasteiger partial charge in [-0.2, -0.15) is 0 Å². The predicted octanol–water partition coefficient (Wildman–Crippen LogP) is 2.89. The van der Waals surface area contributed by atoms with Crippen LogP contribution in [0.4, 0.5) is 5.69 Å². The molecule has 1 amide bonds. The molecule has 33 heavy (non-hydrogen) atoms. The second kappa shape index (κ2) is 9.71. The zero-order chi connectivity index (χ0) is 22.7. The average molecular weight is 452 g/mol. The lowest BCUT2D eigenvalue weighted by Crippen LogP contribution is -2.61. The smallest absolute Gasteiger partial charge is 0.238 e. The number of nitrogens with one attached hydrogen (secondary N) is 1. The molecule has 0 aliphatic carbocycles. The van der Waals surface area contributed by atoms with Crippen LogP contribution in [-0.4, -0.2) is 71.8 Å². The number of β-amino-alcohol motifs (C(OH)–C–C–N with tert-alkyl or cyclic N) is 1. The Morgan fingerprint density at radius 3 is 2.67 bits per heavy atom. The van der Waals surface area contributed by atoms with E-state index in [1.165, 1.54) is 5.56 Å². The Kier molecular flexibility index (Phi) is 6.53. The number of ether oxygens (including phenoxy) is 2. The summed E-state index contributed by atoms with van der Waals surface area (Å²) >= 11 is 0. The molecule has 0 unspecified atom stereocenters. The van der Waals surface area contributed by atoms with E-state index in [0.717, 1.165) is 45.3 Å². The fourth-order valence-electron chi connectivity index (χ4n) is 5.47. The average Bonchev–Trinajstić information content (AvgIpc) is 3.05. The topological polar surface area (TPSA) is 74.3 Å². The number of piperidine rings is 1. The van der Waals surface area contributed by atoms with Crippen LogP contribution in [0.5, 0.6) is 11.5 Å². The standard InChI is InChI=1S/C26H33N3O4/c30-24-18-28(13-11-26(24)10-4-12-29(26)17-20-6-2-1-3-7-20)19-25(31)27-21-8-9-22-23(16-21)33-15-5-14-32-22/h1-3,6-9,16,24,30H,4-5,10-15,17-19H2,(H,27,31)/t24-,26-/m0/s1. The van der Waals surface area contributed by atoms with E-state index >= 15 is 0 Å². The van der Waals surface area contributed by atoms with Crippen LogP contribution >= 0.6 is 0 Å². The maximum absolute atomic E-state index is 12.7. The monoisotopic (exact) mass is 451 g/mol. The summed E-state index contributed by atoms with van der Waals surface area (Å²) in [6.45, 7) is 4.70. The summed E-state index contributed by atoms with van der Waals surface area (Å²) in [5.74, 6) is 1.30. The number of likely N-dealkylation sites (tertiary alicyclic amines) is 2. The number of amides is 1. The normalized spacial score (nSPS) is 25.7. The number of hydrogen-bond acceptors (Lipinski definition) is 6. The van der Waals surface area contributed by atoms with Crippen molar-refractivity contribution in [3.05, 3.63) is 54.1 Å². The van der Waals surface area contributed by atoms with E-state index in [0.29, 0.717) is 36.9 Å². The minimum absolute atomic E-state index is 0.0831. The van der Waals surface area contributed by atoms with Gasteiger partial charge in [-0.15, -0.1) is 0 Å². The zero-order valence-corrected chi connectivity index (χ0v) is 19.0. The Balaban J connectivity index is 1.17. The maximum atomic E-state index is 12.7. The summed E-state index contributed by atoms with van der Waals surface area (Å²) in [6.07, 6.45) is 3.37. The SMILES string of the molecule is O=C(CN1CC[C@@]2(CCCN2Cc2ccccc2)[C@@H](O)C1)Nc1ccc2c(c1)OCCCO2. The molecular formula is C26H33N3O4. The van der Waals surface area contributed by atoms with Gasteiger partial charge in [-0.05, 0) is 43.5 Å². The quantitative estimate of drug-likeness (QED) is 0.728. The summed E-state index contributed by atoms with van der Waals surface area (Å²) in [4.78, 5) is 17.2. The molecule has 7 heteroatoms. The van der Waals surface area contributed by atoms with Crippen LogP contribution in [0.25, 0.3) is 0 Å². The van der Waals surface area contributed by atoms with Crippen molar-refractivity contribution in [1.29, 1.82) is 0 Å². The number of carbonyl (C=O) groups is 1. The van der Waals surface area contributed by atoms with Gasteiger partial charge in [0.1, 0.15) is 0 Å². The summed E-state index contributed by atoms with van der Waals surface area (Å²) < 4.78 is 11.4. The minimum Gasteiger partial charge on any atom is -0.490 e. The van der Waals surface area contributed by atoms with Gasteiger partial charge in [-0.1, -0.05) is 30.3 Å². The fourth-order valence-corrected chi connectivity index (χ4v) is 5.47. The molecule has 7 nitrogen and oxygen atoms in total. The van der Waals surface area contributed by atoms with Crippen molar-refractivity contribution in [1.82, 2.24) is 9.80 Å². The van der Waals surface area contributed by atoms with E-state index in [2.05, 4.69) is 39.4 Å². The van der Waals surface area contributed by atoms with Crippen molar-refractivity contribution in [3.8, 4) is 11.5 Å². The van der Waals surface area contributed by atoms with Gasteiger partial charge < -0.3 is 19.9 Å². The molecular weight excluding hydrogens is 418 g/mol. The first kappa shape index (κ1) is 22.2. The molecule has 176 valence electrons. The molecule has 0 saturated carbocycles. The van der Waals surface area contributed by atoms with E-state index < -0.39 is 6.10 Å². The van der Waals surface area contributed by atoms with E-state index in [4.69, 9.17) is 9.47 Å². The number of fused-ring (bicyclic) bond motifs is 1. The molecule has 2 atom stereocenters. The summed E-state index contributed by atoms with van der Waals surface area (Å²) in [6, 6.07) is 16.0. The molecule has 3 heterocycles. The largest absolute Gasteiger partial charge is 0.490 e. The second-order valence-electron chi connectivity index (χ2n) is 9.38. The van der Waals surface area contributed by atoms with Gasteiger partial charge in [0.05, 0.1) is 25.9 Å². The van der Waals surface area contributed by atoms with Crippen molar-refractivity contribution in [2.24, 2.45) is 0 Å². The lowest BCUT2D eigenvalue weighted by Gasteiger charge is -2.48. The van der Waals surface area contributed by atoms with Crippen molar-refractivity contribution in [3.63, 3.8) is 0 Å². The van der Waals surface area contributed by atoms with Gasteiger partial charge in [-0.3, -0.25) is 14.6 Å². The number of rotatable bonds is 5. The molecule has 1 spiro atoms. The van der Waals surface area contributed by atoms with Crippen LogP contribution < -0.4 is 14.8 Å². The fraction of sp³-hybridized carbons (Fsp3) is 0.500. The van der Waals surface area contributed by atoms with Gasteiger partial charge in [0, 0.05) is 43.3 Å². The molecule has 0 radical (unpaired) electrons. The van der Waals surface area contributed by atoms with E-state index in [1.807, 2.05) is 24.3 Å². The van der Waals surface area contributed by atoms with Crippen LogP contribution in [0.2, 0.25) is 0 Å². The van der Waals surface area contributed by atoms with Crippen LogP contribution in [0.15, 0.2) is 48.5 Å².